The summed E-state index contributed by atoms with van der Waals surface area (Å²) >= 11 is 11.8. The number of fused-ring (bicyclic) bond motifs is 1. The summed E-state index contributed by atoms with van der Waals surface area (Å²) in [5.41, 5.74) is 2.48. The van der Waals surface area contributed by atoms with Crippen LogP contribution in [0.2, 0.25) is 5.02 Å². The molecule has 0 spiro atoms. The van der Waals surface area contributed by atoms with Crippen molar-refractivity contribution in [3.63, 3.8) is 0 Å². The lowest BCUT2D eigenvalue weighted by molar-refractivity contribution is 0.629. The molecular weight excluding hydrogens is 314 g/mol. The van der Waals surface area contributed by atoms with Gasteiger partial charge in [-0.1, -0.05) is 11.6 Å². The third-order valence-corrected chi connectivity index (χ3v) is 3.90. The normalized spacial score (nSPS) is 11.4. The number of alkyl halides is 1. The molecule has 0 unspecified atom stereocenters. The topological polar surface area (TPSA) is 35.6 Å². The van der Waals surface area contributed by atoms with Crippen molar-refractivity contribution in [2.75, 3.05) is 0 Å². The van der Waals surface area contributed by atoms with E-state index in [0.29, 0.717) is 17.9 Å². The van der Waals surface area contributed by atoms with E-state index in [9.17, 15) is 4.39 Å². The lowest BCUT2D eigenvalue weighted by atomic mass is 10.2. The molecule has 0 amide bonds. The smallest absolute Gasteiger partial charge is 0.144 e. The molecule has 1 aromatic carbocycles. The molecule has 0 fully saturated rings. The quantitative estimate of drug-likeness (QED) is 0.687. The van der Waals surface area contributed by atoms with Crippen molar-refractivity contribution in [2.45, 2.75) is 18.8 Å². The molecule has 0 aliphatic carbocycles. The van der Waals surface area contributed by atoms with Gasteiger partial charge in [-0.15, -0.1) is 11.6 Å². The molecule has 21 heavy (non-hydrogen) atoms. The molecule has 0 N–H and O–H groups in total. The first kappa shape index (κ1) is 14.4. The van der Waals surface area contributed by atoms with Gasteiger partial charge in [-0.2, -0.15) is 5.10 Å². The molecule has 7 heteroatoms. The molecule has 0 saturated carbocycles. The third kappa shape index (κ3) is 2.76. The minimum atomic E-state index is -0.470. The Morgan fingerprint density at radius 2 is 2.14 bits per heavy atom. The molecule has 0 aliphatic heterocycles. The summed E-state index contributed by atoms with van der Waals surface area (Å²) in [7, 11) is 1.88. The molecule has 2 heterocycles. The van der Waals surface area contributed by atoms with Crippen LogP contribution in [-0.2, 0) is 25.9 Å². The van der Waals surface area contributed by atoms with Gasteiger partial charge in [0.05, 0.1) is 28.1 Å². The van der Waals surface area contributed by atoms with Crippen molar-refractivity contribution >= 4 is 34.2 Å². The second-order valence-corrected chi connectivity index (χ2v) is 5.52. The lowest BCUT2D eigenvalue weighted by Crippen LogP contribution is -2.05. The standard InChI is InChI=1S/C14H13Cl2FN4/c1-20-8-9(7-18-20)2-3-21-13-4-10(16)11(17)5-12(13)19-14(21)6-15/h4-5,7-8H,2-3,6H2,1H3. The Hall–Kier alpha value is -1.59. The summed E-state index contributed by atoms with van der Waals surface area (Å²) in [6, 6.07) is 2.94. The fourth-order valence-corrected chi connectivity index (χ4v) is 2.73. The first-order chi connectivity index (χ1) is 10.1. The minimum Gasteiger partial charge on any atom is -0.327 e. The van der Waals surface area contributed by atoms with Crippen LogP contribution in [0.25, 0.3) is 11.0 Å². The highest BCUT2D eigenvalue weighted by molar-refractivity contribution is 6.31. The molecule has 0 bridgehead atoms. The fourth-order valence-electron chi connectivity index (χ4n) is 2.36. The highest BCUT2D eigenvalue weighted by Crippen LogP contribution is 2.25. The zero-order valence-corrected chi connectivity index (χ0v) is 12.9. The van der Waals surface area contributed by atoms with Gasteiger partial charge in [0.15, 0.2) is 0 Å². The number of rotatable bonds is 4. The van der Waals surface area contributed by atoms with E-state index in [1.807, 2.05) is 24.0 Å². The molecule has 3 rings (SSSR count). The summed E-state index contributed by atoms with van der Waals surface area (Å²) in [5.74, 6) is 0.500. The van der Waals surface area contributed by atoms with E-state index in [1.165, 1.54) is 6.07 Å². The largest absolute Gasteiger partial charge is 0.327 e. The average Bonchev–Trinajstić information content (AvgIpc) is 3.01. The number of benzene rings is 1. The highest BCUT2D eigenvalue weighted by atomic mass is 35.5. The molecule has 0 atom stereocenters. The summed E-state index contributed by atoms with van der Waals surface area (Å²) in [5, 5.41) is 4.23. The van der Waals surface area contributed by atoms with Crippen molar-refractivity contribution in [1.82, 2.24) is 19.3 Å². The first-order valence-electron chi connectivity index (χ1n) is 6.46. The molecule has 2 aromatic heterocycles. The van der Waals surface area contributed by atoms with Crippen molar-refractivity contribution in [2.24, 2.45) is 7.05 Å². The SMILES string of the molecule is Cn1cc(CCn2c(CCl)nc3cc(F)c(Cl)cc32)cn1. The Morgan fingerprint density at radius 1 is 1.33 bits per heavy atom. The van der Waals surface area contributed by atoms with E-state index in [1.54, 1.807) is 10.7 Å². The maximum Gasteiger partial charge on any atom is 0.144 e. The Kier molecular flexibility index (Phi) is 3.87. The van der Waals surface area contributed by atoms with Crippen molar-refractivity contribution in [3.8, 4) is 0 Å². The van der Waals surface area contributed by atoms with E-state index in [0.717, 1.165) is 17.5 Å². The van der Waals surface area contributed by atoms with Gasteiger partial charge in [-0.05, 0) is 18.1 Å². The van der Waals surface area contributed by atoms with Gasteiger partial charge in [-0.25, -0.2) is 9.37 Å². The van der Waals surface area contributed by atoms with E-state index >= 15 is 0 Å². The van der Waals surface area contributed by atoms with E-state index < -0.39 is 5.82 Å². The number of aromatic nitrogens is 4. The predicted octanol–water partition coefficient (Wildman–Crippen LogP) is 3.54. The van der Waals surface area contributed by atoms with Gasteiger partial charge in [0.25, 0.3) is 0 Å². The number of aryl methyl sites for hydroxylation is 3. The monoisotopic (exact) mass is 326 g/mol. The van der Waals surface area contributed by atoms with Crippen LogP contribution in [0.1, 0.15) is 11.4 Å². The third-order valence-electron chi connectivity index (χ3n) is 3.37. The highest BCUT2D eigenvalue weighted by Gasteiger charge is 2.13. The van der Waals surface area contributed by atoms with Crippen LogP contribution in [0, 0.1) is 5.82 Å². The summed E-state index contributed by atoms with van der Waals surface area (Å²) < 4.78 is 17.3. The van der Waals surface area contributed by atoms with Gasteiger partial charge in [0, 0.05) is 25.9 Å². The van der Waals surface area contributed by atoms with Gasteiger partial charge >= 0.3 is 0 Å². The van der Waals surface area contributed by atoms with Gasteiger partial charge < -0.3 is 4.57 Å². The Morgan fingerprint density at radius 3 is 2.81 bits per heavy atom. The second kappa shape index (κ2) is 5.66. The molecule has 0 aliphatic rings. The van der Waals surface area contributed by atoms with E-state index in [2.05, 4.69) is 10.1 Å². The van der Waals surface area contributed by atoms with Gasteiger partial charge in [0.1, 0.15) is 11.6 Å². The molecule has 110 valence electrons. The number of imidazole rings is 1. The fraction of sp³-hybridized carbons (Fsp3) is 0.286. The Balaban J connectivity index is 1.97. The van der Waals surface area contributed by atoms with Crippen LogP contribution in [-0.4, -0.2) is 19.3 Å². The summed E-state index contributed by atoms with van der Waals surface area (Å²) in [6.07, 6.45) is 4.58. The Bertz CT molecular complexity index is 794. The van der Waals surface area contributed by atoms with E-state index in [4.69, 9.17) is 23.2 Å². The second-order valence-electron chi connectivity index (χ2n) is 4.84. The zero-order valence-electron chi connectivity index (χ0n) is 11.4. The zero-order chi connectivity index (χ0) is 15.0. The van der Waals surface area contributed by atoms with Crippen molar-refractivity contribution in [3.05, 3.63) is 46.8 Å². The van der Waals surface area contributed by atoms with Crippen molar-refractivity contribution < 1.29 is 4.39 Å². The van der Waals surface area contributed by atoms with Crippen LogP contribution in [0.15, 0.2) is 24.5 Å². The van der Waals surface area contributed by atoms with Crippen LogP contribution in [0.4, 0.5) is 4.39 Å². The lowest BCUT2D eigenvalue weighted by Gasteiger charge is -2.07. The summed E-state index contributed by atoms with van der Waals surface area (Å²) in [6.45, 7) is 0.687. The molecule has 0 radical (unpaired) electrons. The van der Waals surface area contributed by atoms with Crippen LogP contribution < -0.4 is 0 Å². The predicted molar refractivity (Wildman–Crippen MR) is 81.2 cm³/mol. The maximum absolute atomic E-state index is 13.5. The van der Waals surface area contributed by atoms with E-state index in [-0.39, 0.29) is 10.9 Å². The molecular formula is C14H13Cl2FN4. The number of halogens is 3. The minimum absolute atomic E-state index is 0.0890. The van der Waals surface area contributed by atoms with Crippen LogP contribution >= 0.6 is 23.2 Å². The van der Waals surface area contributed by atoms with Gasteiger partial charge in [0.2, 0.25) is 0 Å². The van der Waals surface area contributed by atoms with Crippen molar-refractivity contribution in [1.29, 1.82) is 0 Å². The Labute approximate surface area is 131 Å². The molecule has 4 nitrogen and oxygen atoms in total. The molecule has 0 saturated heterocycles. The summed E-state index contributed by atoms with van der Waals surface area (Å²) in [4.78, 5) is 4.36. The van der Waals surface area contributed by atoms with Crippen LogP contribution in [0.5, 0.6) is 0 Å². The molecule has 3 aromatic rings. The average molecular weight is 327 g/mol. The first-order valence-corrected chi connectivity index (χ1v) is 7.37. The van der Waals surface area contributed by atoms with Gasteiger partial charge in [-0.3, -0.25) is 4.68 Å². The maximum atomic E-state index is 13.5. The number of hydrogen-bond donors (Lipinski definition) is 0. The van der Waals surface area contributed by atoms with Crippen LogP contribution in [0.3, 0.4) is 0 Å². The number of nitrogens with zero attached hydrogens (tertiary/aromatic N) is 4. The number of hydrogen-bond acceptors (Lipinski definition) is 2.